The van der Waals surface area contributed by atoms with Gasteiger partial charge in [0.1, 0.15) is 85.6 Å². The molecule has 9 nitrogen and oxygen atoms in total. The standard InChI is InChI=1S/C73H56O9S/c74-37-39-78-61-33-25-47-13-1-5-17-53(47)69(61)71-55-19-7-3-15-49(55)27-35-63(71)80-43-41-76-51-29-31-57-65(45-51)82-66-46-52(30-32-58(66)73(57)59-21-9-11-23-67(59)83-68-24-12-10-22-60(68)73)77-42-44-81-64-36-28-50-16-4-8-20-56(50)72(64)70-54-18-6-2-14-48(54)26-34-62(70)79-40-38-75/h1-36,45-46,74-75H,37-44H2. The van der Waals surface area contributed by atoms with E-state index in [1.54, 1.807) is 11.8 Å². The quantitative estimate of drug-likeness (QED) is 0.0807. The van der Waals surface area contributed by atoms with Crippen LogP contribution in [0.5, 0.6) is 46.0 Å². The van der Waals surface area contributed by atoms with Gasteiger partial charge in [0.05, 0.1) is 18.6 Å². The van der Waals surface area contributed by atoms with Crippen LogP contribution in [0.25, 0.3) is 65.3 Å². The summed E-state index contributed by atoms with van der Waals surface area (Å²) in [5.41, 5.74) is 7.27. The molecule has 12 aromatic carbocycles. The van der Waals surface area contributed by atoms with E-state index in [1.807, 2.05) is 109 Å². The Morgan fingerprint density at radius 3 is 1.01 bits per heavy atom. The van der Waals surface area contributed by atoms with E-state index in [0.717, 1.165) is 76.5 Å². The number of aliphatic hydroxyl groups excluding tert-OH is 2. The molecule has 10 heteroatoms. The summed E-state index contributed by atoms with van der Waals surface area (Å²) in [6, 6.07) is 79.0. The maximum absolute atomic E-state index is 9.80. The van der Waals surface area contributed by atoms with Crippen molar-refractivity contribution < 1.29 is 43.4 Å². The molecule has 0 atom stereocenters. The van der Waals surface area contributed by atoms with Crippen molar-refractivity contribution >= 4 is 54.9 Å². The largest absolute Gasteiger partial charge is 0.491 e. The summed E-state index contributed by atoms with van der Waals surface area (Å²) in [4.78, 5) is 2.35. The number of benzene rings is 12. The highest BCUT2D eigenvalue weighted by Crippen LogP contribution is 2.62. The van der Waals surface area contributed by atoms with Crippen molar-refractivity contribution in [3.63, 3.8) is 0 Å². The summed E-state index contributed by atoms with van der Waals surface area (Å²) < 4.78 is 46.1. The van der Waals surface area contributed by atoms with Crippen molar-refractivity contribution in [2.75, 3.05) is 52.9 Å². The SMILES string of the molecule is OCCOc1ccc2ccccc2c1-c1c(OCCOc2ccc3c(c2)Oc2cc(OCCOc4ccc5ccccc5c4-c4c(OCCO)ccc5ccccc45)ccc2C32c3ccccc3Sc3ccccc32)ccc2ccccc12. The third-order valence-electron chi connectivity index (χ3n) is 15.7. The molecule has 83 heavy (non-hydrogen) atoms. The lowest BCUT2D eigenvalue weighted by atomic mass is 9.63. The molecule has 12 aromatic rings. The fourth-order valence-corrected chi connectivity index (χ4v) is 13.5. The van der Waals surface area contributed by atoms with E-state index in [9.17, 15) is 10.2 Å². The normalized spacial score (nSPS) is 12.7. The highest BCUT2D eigenvalue weighted by Gasteiger charge is 2.50. The van der Waals surface area contributed by atoms with Crippen LogP contribution < -0.4 is 33.2 Å². The molecule has 0 aromatic heterocycles. The third kappa shape index (κ3) is 9.35. The number of aliphatic hydroxyl groups is 2. The van der Waals surface area contributed by atoms with E-state index in [4.69, 9.17) is 33.2 Å². The first-order chi connectivity index (χ1) is 41.1. The van der Waals surface area contributed by atoms with Gasteiger partial charge in [-0.2, -0.15) is 0 Å². The summed E-state index contributed by atoms with van der Waals surface area (Å²) in [6.45, 7) is 1.11. The van der Waals surface area contributed by atoms with Crippen LogP contribution in [0, 0.1) is 0 Å². The summed E-state index contributed by atoms with van der Waals surface area (Å²) in [5.74, 6) is 5.36. The van der Waals surface area contributed by atoms with Gasteiger partial charge in [-0.15, -0.1) is 0 Å². The Morgan fingerprint density at radius 2 is 0.639 bits per heavy atom. The van der Waals surface area contributed by atoms with Crippen LogP contribution in [0.15, 0.2) is 240 Å². The molecular formula is C73H56O9S. The fourth-order valence-electron chi connectivity index (χ4n) is 12.3. The molecule has 1 spiro atoms. The average Bonchev–Trinajstić information content (AvgIpc) is 1.02. The van der Waals surface area contributed by atoms with E-state index in [0.29, 0.717) is 46.0 Å². The fraction of sp³-hybridized carbons (Fsp3) is 0.123. The van der Waals surface area contributed by atoms with Crippen LogP contribution in [0.3, 0.4) is 0 Å². The smallest absolute Gasteiger partial charge is 0.135 e. The molecule has 0 fully saturated rings. The third-order valence-corrected chi connectivity index (χ3v) is 16.9. The van der Waals surface area contributed by atoms with E-state index in [2.05, 4.69) is 121 Å². The zero-order valence-corrected chi connectivity index (χ0v) is 46.1. The van der Waals surface area contributed by atoms with E-state index in [1.165, 1.54) is 20.9 Å². The van der Waals surface area contributed by atoms with Gasteiger partial charge in [0, 0.05) is 55.3 Å². The monoisotopic (exact) mass is 1110 g/mol. The van der Waals surface area contributed by atoms with Crippen LogP contribution in [-0.4, -0.2) is 63.1 Å². The Morgan fingerprint density at radius 1 is 0.313 bits per heavy atom. The van der Waals surface area contributed by atoms with Gasteiger partial charge < -0.3 is 43.4 Å². The first-order valence-corrected chi connectivity index (χ1v) is 28.8. The minimum absolute atomic E-state index is 0.107. The van der Waals surface area contributed by atoms with Crippen LogP contribution in [0.4, 0.5) is 0 Å². The van der Waals surface area contributed by atoms with Crippen molar-refractivity contribution in [2.45, 2.75) is 15.2 Å². The minimum Gasteiger partial charge on any atom is -0.491 e. The van der Waals surface area contributed by atoms with Crippen LogP contribution in [0.2, 0.25) is 0 Å². The van der Waals surface area contributed by atoms with Crippen molar-refractivity contribution in [3.05, 3.63) is 253 Å². The van der Waals surface area contributed by atoms with Crippen molar-refractivity contribution in [3.8, 4) is 68.2 Å². The highest BCUT2D eigenvalue weighted by atomic mass is 32.2. The zero-order valence-electron chi connectivity index (χ0n) is 45.3. The second kappa shape index (κ2) is 22.5. The van der Waals surface area contributed by atoms with Gasteiger partial charge in [0.2, 0.25) is 0 Å². The Balaban J connectivity index is 0.764. The maximum Gasteiger partial charge on any atom is 0.135 e. The molecular weight excluding hydrogens is 1050 g/mol. The average molecular weight is 1110 g/mol. The molecule has 0 amide bonds. The highest BCUT2D eigenvalue weighted by molar-refractivity contribution is 7.99. The topological polar surface area (TPSA) is 105 Å². The molecule has 0 saturated carbocycles. The number of hydrogen-bond acceptors (Lipinski definition) is 10. The Bertz CT molecular complexity index is 4140. The molecule has 0 radical (unpaired) electrons. The lowest BCUT2D eigenvalue weighted by molar-refractivity contribution is 0.202. The zero-order chi connectivity index (χ0) is 55.7. The van der Waals surface area contributed by atoms with Crippen LogP contribution in [-0.2, 0) is 5.41 Å². The first-order valence-electron chi connectivity index (χ1n) is 28.0. The second-order valence-corrected chi connectivity index (χ2v) is 21.5. The molecule has 0 aliphatic carbocycles. The predicted octanol–water partition coefficient (Wildman–Crippen LogP) is 16.2. The molecule has 0 unspecified atom stereocenters. The molecule has 0 bridgehead atoms. The molecule has 2 aliphatic rings. The number of ether oxygens (including phenoxy) is 7. The molecule has 408 valence electrons. The number of fused-ring (bicyclic) bond motifs is 12. The summed E-state index contributed by atoms with van der Waals surface area (Å²) in [6.07, 6.45) is 0. The van der Waals surface area contributed by atoms with Gasteiger partial charge in [-0.05, 0) is 103 Å². The predicted molar refractivity (Wildman–Crippen MR) is 330 cm³/mol. The van der Waals surface area contributed by atoms with Crippen LogP contribution in [0.1, 0.15) is 22.3 Å². The Kier molecular flexibility index (Phi) is 14.0. The lowest BCUT2D eigenvalue weighted by Gasteiger charge is -2.45. The number of rotatable bonds is 18. The molecule has 14 rings (SSSR count). The van der Waals surface area contributed by atoms with E-state index >= 15 is 0 Å². The van der Waals surface area contributed by atoms with Gasteiger partial charge in [0.15, 0.2) is 0 Å². The minimum atomic E-state index is -0.730. The van der Waals surface area contributed by atoms with E-state index in [-0.39, 0.29) is 52.9 Å². The molecule has 0 saturated heterocycles. The molecule has 2 aliphatic heterocycles. The van der Waals surface area contributed by atoms with Gasteiger partial charge in [-0.3, -0.25) is 0 Å². The Labute approximate surface area is 484 Å². The second-order valence-electron chi connectivity index (χ2n) is 20.4. The van der Waals surface area contributed by atoms with E-state index < -0.39 is 5.41 Å². The van der Waals surface area contributed by atoms with Gasteiger partial charge in [-0.25, -0.2) is 0 Å². The summed E-state index contributed by atoms with van der Waals surface area (Å²) >= 11 is 1.79. The molecule has 2 heterocycles. The van der Waals surface area contributed by atoms with Crippen molar-refractivity contribution in [1.29, 1.82) is 0 Å². The van der Waals surface area contributed by atoms with Crippen molar-refractivity contribution in [2.24, 2.45) is 0 Å². The van der Waals surface area contributed by atoms with Crippen LogP contribution >= 0.6 is 11.8 Å². The molecule has 2 N–H and O–H groups in total. The summed E-state index contributed by atoms with van der Waals surface area (Å²) in [5, 5.41) is 28.0. The first kappa shape index (κ1) is 51.7. The van der Waals surface area contributed by atoms with Gasteiger partial charge in [-0.1, -0.05) is 182 Å². The van der Waals surface area contributed by atoms with Crippen molar-refractivity contribution in [1.82, 2.24) is 0 Å². The number of hydrogen-bond donors (Lipinski definition) is 2. The van der Waals surface area contributed by atoms with Gasteiger partial charge in [0.25, 0.3) is 0 Å². The Hall–Kier alpha value is -9.45. The maximum atomic E-state index is 9.80. The lowest BCUT2D eigenvalue weighted by Crippen LogP contribution is -2.36. The van der Waals surface area contributed by atoms with Gasteiger partial charge >= 0.3 is 0 Å². The summed E-state index contributed by atoms with van der Waals surface area (Å²) in [7, 11) is 0.